The first-order valence-corrected chi connectivity index (χ1v) is 6.80. The number of rotatable bonds is 4. The molecule has 1 atom stereocenters. The topological polar surface area (TPSA) is 50.9 Å². The highest BCUT2D eigenvalue weighted by molar-refractivity contribution is 9.10. The van der Waals surface area contributed by atoms with E-state index in [-0.39, 0.29) is 5.82 Å². The fourth-order valence-corrected chi connectivity index (χ4v) is 2.70. The Bertz CT molecular complexity index is 509. The third kappa shape index (κ3) is 2.60. The van der Waals surface area contributed by atoms with Crippen molar-refractivity contribution in [2.75, 3.05) is 26.8 Å². The zero-order valence-electron chi connectivity index (χ0n) is 11.0. The van der Waals surface area contributed by atoms with Gasteiger partial charge in [-0.05, 0) is 25.1 Å². The number of hydrogen-bond acceptors (Lipinski definition) is 4. The van der Waals surface area contributed by atoms with Gasteiger partial charge in [-0.25, -0.2) is 4.39 Å². The molecule has 1 aromatic rings. The average molecular weight is 330 g/mol. The Morgan fingerprint density at radius 3 is 3.00 bits per heavy atom. The van der Waals surface area contributed by atoms with Gasteiger partial charge >= 0.3 is 0 Å². The molecule has 0 saturated heterocycles. The molecule has 0 aliphatic carbocycles. The lowest BCUT2D eigenvalue weighted by molar-refractivity contribution is 0.135. The Kier molecular flexibility index (Phi) is 4.10. The van der Waals surface area contributed by atoms with Crippen LogP contribution in [-0.4, -0.2) is 37.7 Å². The largest absolute Gasteiger partial charge is 0.383 e. The van der Waals surface area contributed by atoms with Crippen molar-refractivity contribution >= 4 is 21.9 Å². The molecule has 19 heavy (non-hydrogen) atoms. The van der Waals surface area contributed by atoms with Crippen LogP contribution < -0.4 is 5.73 Å². The molecule has 4 nitrogen and oxygen atoms in total. The highest BCUT2D eigenvalue weighted by Gasteiger charge is 2.41. The Morgan fingerprint density at radius 1 is 1.58 bits per heavy atom. The maximum absolute atomic E-state index is 14.1. The Labute approximate surface area is 120 Å². The standard InChI is InChI=1S/C13H17BrFN3O/c1-13(10-7-9(14)3-4-11(10)15)8-17-12(16)18(13)5-6-19-2/h3-4,7H,5-6,8H2,1-2H3,(H2,16,17). The van der Waals surface area contributed by atoms with Crippen molar-refractivity contribution < 1.29 is 9.13 Å². The number of methoxy groups -OCH3 is 1. The normalized spacial score (nSPS) is 22.7. The van der Waals surface area contributed by atoms with Crippen LogP contribution in [0.25, 0.3) is 0 Å². The van der Waals surface area contributed by atoms with Crippen molar-refractivity contribution in [3.05, 3.63) is 34.1 Å². The minimum absolute atomic E-state index is 0.252. The van der Waals surface area contributed by atoms with Crippen molar-refractivity contribution in [1.82, 2.24) is 4.90 Å². The Morgan fingerprint density at radius 2 is 2.32 bits per heavy atom. The van der Waals surface area contributed by atoms with Gasteiger partial charge in [0.15, 0.2) is 5.96 Å². The number of benzene rings is 1. The van der Waals surface area contributed by atoms with E-state index in [4.69, 9.17) is 10.5 Å². The van der Waals surface area contributed by atoms with Gasteiger partial charge < -0.3 is 15.4 Å². The molecule has 104 valence electrons. The molecule has 0 fully saturated rings. The molecule has 1 aromatic carbocycles. The first kappa shape index (κ1) is 14.3. The third-order valence-corrected chi connectivity index (χ3v) is 3.94. The first-order valence-electron chi connectivity index (χ1n) is 6.01. The second-order valence-electron chi connectivity index (χ2n) is 4.72. The number of nitrogens with two attached hydrogens (primary N) is 1. The average Bonchev–Trinajstić information content (AvgIpc) is 2.67. The summed E-state index contributed by atoms with van der Waals surface area (Å²) in [6.07, 6.45) is 0. The van der Waals surface area contributed by atoms with Crippen LogP contribution >= 0.6 is 15.9 Å². The SMILES string of the molecule is COCCN1C(N)=NCC1(C)c1cc(Br)ccc1F. The van der Waals surface area contributed by atoms with Crippen LogP contribution in [0.3, 0.4) is 0 Å². The van der Waals surface area contributed by atoms with Gasteiger partial charge in [-0.15, -0.1) is 0 Å². The summed E-state index contributed by atoms with van der Waals surface area (Å²) >= 11 is 3.38. The molecule has 0 spiro atoms. The van der Waals surface area contributed by atoms with Crippen molar-refractivity contribution in [3.8, 4) is 0 Å². The maximum atomic E-state index is 14.1. The summed E-state index contributed by atoms with van der Waals surface area (Å²) in [5.74, 6) is 0.178. The van der Waals surface area contributed by atoms with E-state index in [2.05, 4.69) is 20.9 Å². The molecule has 0 saturated carbocycles. The van der Waals surface area contributed by atoms with Gasteiger partial charge in [0.1, 0.15) is 5.82 Å². The van der Waals surface area contributed by atoms with Crippen LogP contribution in [0.15, 0.2) is 27.7 Å². The van der Waals surface area contributed by atoms with Gasteiger partial charge in [0.2, 0.25) is 0 Å². The van der Waals surface area contributed by atoms with Gasteiger partial charge in [0.25, 0.3) is 0 Å². The van der Waals surface area contributed by atoms with Crippen molar-refractivity contribution in [1.29, 1.82) is 0 Å². The highest BCUT2D eigenvalue weighted by Crippen LogP contribution is 2.35. The van der Waals surface area contributed by atoms with E-state index in [1.165, 1.54) is 6.07 Å². The lowest BCUT2D eigenvalue weighted by Gasteiger charge is -2.36. The van der Waals surface area contributed by atoms with Crippen molar-refractivity contribution in [2.24, 2.45) is 10.7 Å². The lowest BCUT2D eigenvalue weighted by atomic mass is 9.90. The molecular weight excluding hydrogens is 313 g/mol. The second kappa shape index (κ2) is 5.46. The Hall–Kier alpha value is -1.14. The van der Waals surface area contributed by atoms with Crippen LogP contribution in [0, 0.1) is 5.82 Å². The van der Waals surface area contributed by atoms with Gasteiger partial charge in [0.05, 0.1) is 18.7 Å². The monoisotopic (exact) mass is 329 g/mol. The van der Waals surface area contributed by atoms with E-state index in [9.17, 15) is 4.39 Å². The number of halogens is 2. The number of ether oxygens (including phenoxy) is 1. The zero-order valence-corrected chi connectivity index (χ0v) is 12.6. The summed E-state index contributed by atoms with van der Waals surface area (Å²) in [5.41, 5.74) is 5.92. The van der Waals surface area contributed by atoms with Crippen LogP contribution in [-0.2, 0) is 10.3 Å². The molecule has 1 aliphatic rings. The van der Waals surface area contributed by atoms with Crippen LogP contribution in [0.1, 0.15) is 12.5 Å². The molecule has 6 heteroatoms. The van der Waals surface area contributed by atoms with E-state index < -0.39 is 5.54 Å². The number of aliphatic imine (C=N–C) groups is 1. The maximum Gasteiger partial charge on any atom is 0.192 e. The fourth-order valence-electron chi connectivity index (χ4n) is 2.34. The molecule has 1 aliphatic heterocycles. The summed E-state index contributed by atoms with van der Waals surface area (Å²) < 4.78 is 20.0. The van der Waals surface area contributed by atoms with E-state index >= 15 is 0 Å². The summed E-state index contributed by atoms with van der Waals surface area (Å²) in [7, 11) is 1.63. The Balaban J connectivity index is 2.38. The number of guanidine groups is 1. The molecule has 0 radical (unpaired) electrons. The summed E-state index contributed by atoms with van der Waals surface area (Å²) in [6.45, 7) is 3.47. The summed E-state index contributed by atoms with van der Waals surface area (Å²) in [6, 6.07) is 4.91. The molecule has 2 rings (SSSR count). The van der Waals surface area contributed by atoms with E-state index in [0.717, 1.165) is 4.47 Å². The first-order chi connectivity index (χ1) is 8.99. The quantitative estimate of drug-likeness (QED) is 0.920. The summed E-state index contributed by atoms with van der Waals surface area (Å²) in [5, 5.41) is 0. The minimum atomic E-state index is -0.573. The number of hydrogen-bond donors (Lipinski definition) is 1. The lowest BCUT2D eigenvalue weighted by Crippen LogP contribution is -2.49. The van der Waals surface area contributed by atoms with E-state index in [1.807, 2.05) is 11.8 Å². The molecule has 2 N–H and O–H groups in total. The molecule has 1 heterocycles. The van der Waals surface area contributed by atoms with Crippen molar-refractivity contribution in [3.63, 3.8) is 0 Å². The second-order valence-corrected chi connectivity index (χ2v) is 5.63. The predicted molar refractivity (Wildman–Crippen MR) is 76.5 cm³/mol. The third-order valence-electron chi connectivity index (χ3n) is 3.45. The van der Waals surface area contributed by atoms with Crippen molar-refractivity contribution in [2.45, 2.75) is 12.5 Å². The van der Waals surface area contributed by atoms with Gasteiger partial charge in [-0.3, -0.25) is 4.99 Å². The molecule has 1 unspecified atom stereocenters. The molecule has 0 amide bonds. The minimum Gasteiger partial charge on any atom is -0.383 e. The van der Waals surface area contributed by atoms with E-state index in [1.54, 1.807) is 19.2 Å². The predicted octanol–water partition coefficient (Wildman–Crippen LogP) is 2.08. The van der Waals surface area contributed by atoms with Gasteiger partial charge in [-0.2, -0.15) is 0 Å². The van der Waals surface area contributed by atoms with Gasteiger partial charge in [0, 0.05) is 23.7 Å². The zero-order chi connectivity index (χ0) is 14.0. The fraction of sp³-hybridized carbons (Fsp3) is 0.462. The summed E-state index contributed by atoms with van der Waals surface area (Å²) in [4.78, 5) is 6.14. The smallest absolute Gasteiger partial charge is 0.192 e. The number of nitrogens with zero attached hydrogens (tertiary/aromatic N) is 2. The van der Waals surface area contributed by atoms with Crippen LogP contribution in [0.5, 0.6) is 0 Å². The highest BCUT2D eigenvalue weighted by atomic mass is 79.9. The van der Waals surface area contributed by atoms with Crippen LogP contribution in [0.4, 0.5) is 4.39 Å². The van der Waals surface area contributed by atoms with Crippen LogP contribution in [0.2, 0.25) is 0 Å². The van der Waals surface area contributed by atoms with Gasteiger partial charge in [-0.1, -0.05) is 15.9 Å². The molecule has 0 aromatic heterocycles. The molecular formula is C13H17BrFN3O. The molecule has 0 bridgehead atoms. The van der Waals surface area contributed by atoms with E-state index in [0.29, 0.717) is 31.2 Å².